The molecule has 0 bridgehead atoms. The van der Waals surface area contributed by atoms with Crippen molar-refractivity contribution in [1.29, 1.82) is 0 Å². The fourth-order valence-corrected chi connectivity index (χ4v) is 4.61. The zero-order valence-electron chi connectivity index (χ0n) is 36.5. The van der Waals surface area contributed by atoms with Gasteiger partial charge in [-0.15, -0.1) is 5.10 Å². The summed E-state index contributed by atoms with van der Waals surface area (Å²) in [6.45, 7) is 23.4. The molecule has 1 aromatic carbocycles. The molecule has 1 heterocycles. The van der Waals surface area contributed by atoms with Crippen LogP contribution in [0.3, 0.4) is 0 Å². The molecule has 0 unspecified atom stereocenters. The SMILES string of the molecule is CC(C)C(=O)Nc1ccc(-c2cn(CCOCCOCCOCCOCCOCCOCCOCCOCCOCCOCCOCCOCCC(C)(C)C)nn2)cc1. The molecular formula is C42H74N4O13. The number of rotatable bonds is 41. The van der Waals surface area contributed by atoms with E-state index in [1.54, 1.807) is 4.68 Å². The van der Waals surface area contributed by atoms with Gasteiger partial charge in [-0.05, 0) is 24.0 Å². The number of hydrogen-bond donors (Lipinski definition) is 1. The van der Waals surface area contributed by atoms with Crippen LogP contribution in [0.25, 0.3) is 11.3 Å². The second kappa shape index (κ2) is 36.0. The molecule has 1 N–H and O–H groups in total. The smallest absolute Gasteiger partial charge is 0.226 e. The van der Waals surface area contributed by atoms with Gasteiger partial charge in [-0.3, -0.25) is 4.79 Å². The lowest BCUT2D eigenvalue weighted by atomic mass is 9.93. The highest BCUT2D eigenvalue weighted by molar-refractivity contribution is 5.92. The van der Waals surface area contributed by atoms with Crippen LogP contribution in [-0.2, 0) is 68.2 Å². The van der Waals surface area contributed by atoms with Gasteiger partial charge >= 0.3 is 0 Å². The number of ether oxygens (including phenoxy) is 12. The van der Waals surface area contributed by atoms with E-state index in [0.717, 1.165) is 30.0 Å². The minimum atomic E-state index is -0.0748. The standard InChI is InChI=1S/C42H74N4O13/c1-37(2)41(47)43-39-8-6-38(7-9-39)40-36-46(45-44-40)11-13-49-15-17-51-19-21-53-23-25-55-27-29-57-31-33-59-35-34-58-32-30-56-28-26-54-24-22-52-20-18-50-16-14-48-12-10-42(3,4)5/h6-9,36-37H,10-35H2,1-5H3,(H,43,47). The van der Waals surface area contributed by atoms with Gasteiger partial charge in [-0.1, -0.05) is 52.0 Å². The minimum Gasteiger partial charge on any atom is -0.379 e. The van der Waals surface area contributed by atoms with Gasteiger partial charge in [0.15, 0.2) is 0 Å². The molecule has 0 saturated heterocycles. The van der Waals surface area contributed by atoms with Crippen molar-refractivity contribution in [2.45, 2.75) is 47.6 Å². The number of carbonyl (C=O) groups is 1. The third-order valence-electron chi connectivity index (χ3n) is 8.06. The van der Waals surface area contributed by atoms with Gasteiger partial charge in [-0.25, -0.2) is 4.68 Å². The molecule has 17 nitrogen and oxygen atoms in total. The number of nitrogens with zero attached hydrogens (tertiary/aromatic N) is 3. The van der Waals surface area contributed by atoms with Crippen molar-refractivity contribution in [3.05, 3.63) is 30.5 Å². The zero-order valence-corrected chi connectivity index (χ0v) is 36.5. The van der Waals surface area contributed by atoms with Gasteiger partial charge in [0.1, 0.15) is 5.69 Å². The summed E-state index contributed by atoms with van der Waals surface area (Å²) in [5, 5.41) is 11.3. The van der Waals surface area contributed by atoms with Crippen molar-refractivity contribution >= 4 is 11.6 Å². The highest BCUT2D eigenvalue weighted by Crippen LogP contribution is 2.20. The van der Waals surface area contributed by atoms with E-state index in [9.17, 15) is 4.79 Å². The van der Waals surface area contributed by atoms with Gasteiger partial charge < -0.3 is 62.2 Å². The molecule has 2 aromatic rings. The van der Waals surface area contributed by atoms with Crippen LogP contribution in [0.4, 0.5) is 5.69 Å². The Kier molecular flexibility index (Phi) is 32.1. The van der Waals surface area contributed by atoms with E-state index in [2.05, 4.69) is 36.4 Å². The number of carbonyl (C=O) groups excluding carboxylic acids is 1. The van der Waals surface area contributed by atoms with Gasteiger partial charge in [0.05, 0.1) is 165 Å². The molecule has 0 atom stereocenters. The number of anilines is 1. The Morgan fingerprint density at radius 1 is 0.525 bits per heavy atom. The van der Waals surface area contributed by atoms with E-state index in [4.69, 9.17) is 56.8 Å². The average Bonchev–Trinajstić information content (AvgIpc) is 3.69. The van der Waals surface area contributed by atoms with Gasteiger partial charge in [-0.2, -0.15) is 0 Å². The Morgan fingerprint density at radius 2 is 0.847 bits per heavy atom. The van der Waals surface area contributed by atoms with E-state index in [1.165, 1.54) is 0 Å². The first-order valence-corrected chi connectivity index (χ1v) is 21.0. The summed E-state index contributed by atoms with van der Waals surface area (Å²) < 4.78 is 68.1. The second-order valence-electron chi connectivity index (χ2n) is 14.7. The molecule has 0 aliphatic carbocycles. The average molecular weight is 843 g/mol. The van der Waals surface area contributed by atoms with Crippen molar-refractivity contribution in [1.82, 2.24) is 15.0 Å². The van der Waals surface area contributed by atoms with Crippen LogP contribution in [0.15, 0.2) is 30.5 Å². The molecule has 1 aromatic heterocycles. The zero-order chi connectivity index (χ0) is 42.5. The molecule has 0 saturated carbocycles. The number of hydrogen-bond acceptors (Lipinski definition) is 15. The molecule has 0 spiro atoms. The number of benzene rings is 1. The lowest BCUT2D eigenvalue weighted by Crippen LogP contribution is -2.17. The quantitative estimate of drug-likeness (QED) is 0.0946. The topological polar surface area (TPSA) is 171 Å². The van der Waals surface area contributed by atoms with Crippen LogP contribution in [0.2, 0.25) is 0 Å². The molecule has 0 aliphatic heterocycles. The Bertz CT molecular complexity index is 1250. The second-order valence-corrected chi connectivity index (χ2v) is 14.7. The summed E-state index contributed by atoms with van der Waals surface area (Å²) in [6.07, 6.45) is 2.91. The summed E-state index contributed by atoms with van der Waals surface area (Å²) in [6, 6.07) is 7.54. The predicted octanol–water partition coefficient (Wildman–Crippen LogP) is 4.18. The van der Waals surface area contributed by atoms with Crippen LogP contribution < -0.4 is 5.32 Å². The Hall–Kier alpha value is -2.65. The van der Waals surface area contributed by atoms with Gasteiger partial charge in [0.25, 0.3) is 0 Å². The summed E-state index contributed by atoms with van der Waals surface area (Å²) in [5.74, 6) is -0.0904. The highest BCUT2D eigenvalue weighted by Gasteiger charge is 2.10. The van der Waals surface area contributed by atoms with E-state index < -0.39 is 0 Å². The van der Waals surface area contributed by atoms with Crippen LogP contribution in [0.1, 0.15) is 41.0 Å². The molecule has 0 fully saturated rings. The van der Waals surface area contributed by atoms with Crippen LogP contribution in [-0.4, -0.2) is 179 Å². The number of amides is 1. The Balaban J connectivity index is 1.20. The maximum atomic E-state index is 11.9. The number of aromatic nitrogens is 3. The van der Waals surface area contributed by atoms with E-state index in [0.29, 0.717) is 164 Å². The molecule has 0 radical (unpaired) electrons. The van der Waals surface area contributed by atoms with E-state index in [1.807, 2.05) is 44.3 Å². The lowest BCUT2D eigenvalue weighted by Gasteiger charge is -2.17. The fraction of sp³-hybridized carbons (Fsp3) is 0.786. The van der Waals surface area contributed by atoms with Crippen LogP contribution >= 0.6 is 0 Å². The molecule has 340 valence electrons. The van der Waals surface area contributed by atoms with Gasteiger partial charge in [0, 0.05) is 23.8 Å². The largest absolute Gasteiger partial charge is 0.379 e. The first-order chi connectivity index (χ1) is 28.7. The first kappa shape index (κ1) is 52.5. The predicted molar refractivity (Wildman–Crippen MR) is 223 cm³/mol. The third-order valence-corrected chi connectivity index (χ3v) is 8.06. The van der Waals surface area contributed by atoms with E-state index in [-0.39, 0.29) is 11.8 Å². The summed E-state index contributed by atoms with van der Waals surface area (Å²) in [4.78, 5) is 11.9. The molecule has 0 aliphatic rings. The van der Waals surface area contributed by atoms with Crippen molar-refractivity contribution in [2.75, 3.05) is 164 Å². The number of nitrogens with one attached hydrogen (secondary N) is 1. The molecular weight excluding hydrogens is 768 g/mol. The maximum absolute atomic E-state index is 11.9. The van der Waals surface area contributed by atoms with Crippen molar-refractivity contribution in [2.24, 2.45) is 11.3 Å². The molecule has 59 heavy (non-hydrogen) atoms. The van der Waals surface area contributed by atoms with Gasteiger partial charge in [0.2, 0.25) is 5.91 Å². The summed E-state index contributed by atoms with van der Waals surface area (Å²) >= 11 is 0. The minimum absolute atomic E-state index is 0.0156. The van der Waals surface area contributed by atoms with Crippen LogP contribution in [0, 0.1) is 11.3 Å². The fourth-order valence-electron chi connectivity index (χ4n) is 4.61. The normalized spacial score (nSPS) is 11.9. The molecule has 17 heteroatoms. The van der Waals surface area contributed by atoms with Crippen molar-refractivity contribution in [3.8, 4) is 11.3 Å². The lowest BCUT2D eigenvalue weighted by molar-refractivity contribution is -0.118. The molecule has 2 rings (SSSR count). The Morgan fingerprint density at radius 3 is 1.17 bits per heavy atom. The summed E-state index contributed by atoms with van der Waals surface area (Å²) in [7, 11) is 0. The summed E-state index contributed by atoms with van der Waals surface area (Å²) in [5.41, 5.74) is 2.73. The third kappa shape index (κ3) is 31.8. The molecule has 1 amide bonds. The van der Waals surface area contributed by atoms with Crippen LogP contribution in [0.5, 0.6) is 0 Å². The Labute approximate surface area is 352 Å². The first-order valence-electron chi connectivity index (χ1n) is 21.0. The van der Waals surface area contributed by atoms with Crippen molar-refractivity contribution < 1.29 is 61.6 Å². The monoisotopic (exact) mass is 843 g/mol. The highest BCUT2D eigenvalue weighted by atomic mass is 16.6. The maximum Gasteiger partial charge on any atom is 0.226 e. The van der Waals surface area contributed by atoms with Crippen molar-refractivity contribution in [3.63, 3.8) is 0 Å². The van der Waals surface area contributed by atoms with E-state index >= 15 is 0 Å².